The van der Waals surface area contributed by atoms with Crippen molar-refractivity contribution in [2.24, 2.45) is 0 Å². The third-order valence-corrected chi connectivity index (χ3v) is 24.6. The molecule has 0 fully saturated rings. The largest absolute Gasteiger partial charge is 0.496 e. The second kappa shape index (κ2) is 40.3. The Morgan fingerprint density at radius 2 is 0.674 bits per heavy atom. The highest BCUT2D eigenvalue weighted by atomic mass is 35.5. The van der Waals surface area contributed by atoms with E-state index in [0.29, 0.717) is 23.0 Å². The molecule has 132 heavy (non-hydrogen) atoms. The highest BCUT2D eigenvalue weighted by Gasteiger charge is 2.29. The van der Waals surface area contributed by atoms with E-state index in [-0.39, 0.29) is 38.4 Å². The Balaban J connectivity index is 0.000000135. The predicted octanol–water partition coefficient (Wildman–Crippen LogP) is 31.3. The van der Waals surface area contributed by atoms with Crippen molar-refractivity contribution in [1.82, 2.24) is 45.1 Å². The molecule has 7 aromatic heterocycles. The van der Waals surface area contributed by atoms with E-state index >= 15 is 0 Å². The minimum Gasteiger partial charge on any atom is -0.496 e. The first-order chi connectivity index (χ1) is 62.6. The van der Waals surface area contributed by atoms with Gasteiger partial charge in [0.05, 0.1) is 26.9 Å². The molecular formula is C118H134ClN9O4. The number of aromatic amines is 6. The van der Waals surface area contributed by atoms with Gasteiger partial charge in [0, 0.05) is 117 Å². The fraction of sp³-hybridized carbons (Fsp3) is 0.288. The number of nitrogens with zero attached hydrogens (tertiary/aromatic N) is 2. The molecule has 0 atom stereocenters. The number of ether oxygens (including phenoxy) is 3. The van der Waals surface area contributed by atoms with Gasteiger partial charge in [-0.2, -0.15) is 0 Å². The van der Waals surface area contributed by atoms with Gasteiger partial charge in [0.15, 0.2) is 0 Å². The molecule has 7 N–H and O–H groups in total. The van der Waals surface area contributed by atoms with Gasteiger partial charge in [-0.1, -0.05) is 229 Å². The van der Waals surface area contributed by atoms with Gasteiger partial charge in [0.25, 0.3) is 5.91 Å². The number of amides is 1. The number of fused-ring (bicyclic) bond motifs is 6. The summed E-state index contributed by atoms with van der Waals surface area (Å²) in [6.45, 7) is 46.4. The molecule has 0 saturated heterocycles. The van der Waals surface area contributed by atoms with Crippen LogP contribution in [0.4, 0.5) is 0 Å². The molecule has 0 spiro atoms. The molecule has 682 valence electrons. The van der Waals surface area contributed by atoms with E-state index in [0.717, 1.165) is 62.6 Å². The van der Waals surface area contributed by atoms with E-state index in [9.17, 15) is 4.79 Å². The topological polar surface area (TPSA) is 168 Å². The molecule has 0 aliphatic heterocycles. The van der Waals surface area contributed by atoms with Gasteiger partial charge in [-0.15, -0.1) is 0 Å². The minimum atomic E-state index is -0.0273. The lowest BCUT2D eigenvalue weighted by Crippen LogP contribution is -2.31. The van der Waals surface area contributed by atoms with E-state index in [1.165, 1.54) is 132 Å². The molecule has 0 saturated carbocycles. The lowest BCUT2D eigenvalue weighted by Gasteiger charge is -2.25. The van der Waals surface area contributed by atoms with Crippen LogP contribution in [-0.4, -0.2) is 94.2 Å². The van der Waals surface area contributed by atoms with Crippen molar-refractivity contribution in [3.8, 4) is 84.0 Å². The fourth-order valence-electron chi connectivity index (χ4n) is 17.2. The molecule has 0 bridgehead atoms. The SMILES string of the molecule is CC(C)(C)c1cc2[nH]ccc2cc1-c1ccccc1.CC(C)(C)c1cc2[nH]ccc2cc1-c1cccnc1.CC(C)c1ccc(-c2cc3cc[nH]c3cc2C(C)(C)C)cc1.CN(C)CCNC(=O)c1ccc(-c2cc3cc[nH]c3cc2C(C)(C)C)cc1.COc1cc(Cl)ccc1-c1cc2cc[nH]c2cc1C(C)(C)C.COc1cccc(OC)c1-c1cc2cc[nH]c2cc1C(C)(C)C. The number of H-pyrrole nitrogens is 6. The van der Waals surface area contributed by atoms with Crippen LogP contribution in [0.5, 0.6) is 17.2 Å². The van der Waals surface area contributed by atoms with Crippen LogP contribution in [0.3, 0.4) is 0 Å². The van der Waals surface area contributed by atoms with Crippen LogP contribution in [0.25, 0.3) is 132 Å². The van der Waals surface area contributed by atoms with Crippen LogP contribution < -0.4 is 19.5 Å². The van der Waals surface area contributed by atoms with Crippen molar-refractivity contribution in [2.45, 2.75) is 177 Å². The van der Waals surface area contributed by atoms with Crippen LogP contribution in [0.2, 0.25) is 5.02 Å². The number of carbonyl (C=O) groups excluding carboxylic acids is 1. The first-order valence-electron chi connectivity index (χ1n) is 45.9. The average Bonchev–Trinajstić information content (AvgIpc) is 1.49. The number of hydrogen-bond donors (Lipinski definition) is 7. The zero-order chi connectivity index (χ0) is 94.9. The van der Waals surface area contributed by atoms with Gasteiger partial charge in [-0.3, -0.25) is 9.78 Å². The number of rotatable bonds is 14. The molecular weight excluding hydrogens is 1640 g/mol. The van der Waals surface area contributed by atoms with Crippen LogP contribution in [-0.2, 0) is 32.5 Å². The number of likely N-dealkylation sites (N-methyl/N-ethyl adjacent to an activating group) is 1. The van der Waals surface area contributed by atoms with Crippen molar-refractivity contribution in [1.29, 1.82) is 0 Å². The van der Waals surface area contributed by atoms with E-state index < -0.39 is 0 Å². The smallest absolute Gasteiger partial charge is 0.251 e. The monoisotopic (exact) mass is 1780 g/mol. The van der Waals surface area contributed by atoms with Gasteiger partial charge >= 0.3 is 0 Å². The summed E-state index contributed by atoms with van der Waals surface area (Å²) in [5, 5.41) is 11.0. The Morgan fingerprint density at radius 3 is 1.02 bits per heavy atom. The van der Waals surface area contributed by atoms with Crippen molar-refractivity contribution < 1.29 is 19.0 Å². The number of pyridine rings is 1. The molecule has 11 aromatic carbocycles. The average molecular weight is 1780 g/mol. The van der Waals surface area contributed by atoms with Crippen LogP contribution in [0.1, 0.15) is 194 Å². The van der Waals surface area contributed by atoms with Gasteiger partial charge in [-0.25, -0.2) is 0 Å². The maximum Gasteiger partial charge on any atom is 0.251 e. The van der Waals surface area contributed by atoms with Gasteiger partial charge < -0.3 is 54.3 Å². The molecule has 13 nitrogen and oxygen atoms in total. The van der Waals surface area contributed by atoms with Crippen LogP contribution in [0, 0.1) is 0 Å². The molecule has 18 aromatic rings. The van der Waals surface area contributed by atoms with E-state index in [4.69, 9.17) is 25.8 Å². The highest BCUT2D eigenvalue weighted by molar-refractivity contribution is 6.30. The molecule has 0 aliphatic carbocycles. The van der Waals surface area contributed by atoms with Gasteiger partial charge in [0.1, 0.15) is 17.2 Å². The van der Waals surface area contributed by atoms with Crippen molar-refractivity contribution >= 4 is 82.9 Å². The first-order valence-corrected chi connectivity index (χ1v) is 46.3. The maximum absolute atomic E-state index is 12.3. The highest BCUT2D eigenvalue weighted by Crippen LogP contribution is 2.47. The van der Waals surface area contributed by atoms with E-state index in [1.54, 1.807) is 21.3 Å². The molecule has 14 heteroatoms. The zero-order valence-corrected chi connectivity index (χ0v) is 82.8. The number of carbonyl (C=O) groups is 1. The van der Waals surface area contributed by atoms with Gasteiger partial charge in [0.2, 0.25) is 0 Å². The predicted molar refractivity (Wildman–Crippen MR) is 562 cm³/mol. The second-order valence-electron chi connectivity index (χ2n) is 41.2. The van der Waals surface area contributed by atoms with Crippen molar-refractivity contribution in [3.63, 3.8) is 0 Å². The third kappa shape index (κ3) is 22.9. The Morgan fingerprint density at radius 1 is 0.348 bits per heavy atom. The van der Waals surface area contributed by atoms with Crippen LogP contribution in [0.15, 0.2) is 286 Å². The maximum atomic E-state index is 12.3. The summed E-state index contributed by atoms with van der Waals surface area (Å²) in [5.41, 5.74) is 32.0. The fourth-order valence-corrected chi connectivity index (χ4v) is 17.4. The molecule has 18 rings (SSSR count). The molecule has 7 heterocycles. The lowest BCUT2D eigenvalue weighted by atomic mass is 9.81. The number of methoxy groups -OCH3 is 3. The Kier molecular flexibility index (Phi) is 29.5. The Bertz CT molecular complexity index is 6800. The Labute approximate surface area is 787 Å². The van der Waals surface area contributed by atoms with Gasteiger partial charge in [-0.05, 0) is 332 Å². The summed E-state index contributed by atoms with van der Waals surface area (Å²) < 4.78 is 16.8. The molecule has 0 aliphatic rings. The molecule has 0 unspecified atom stereocenters. The third-order valence-electron chi connectivity index (χ3n) is 24.4. The van der Waals surface area contributed by atoms with Crippen molar-refractivity contribution in [3.05, 3.63) is 336 Å². The zero-order valence-electron chi connectivity index (χ0n) is 82.0. The number of halogens is 1. The number of benzene rings is 11. The lowest BCUT2D eigenvalue weighted by molar-refractivity contribution is 0.0951. The summed E-state index contributed by atoms with van der Waals surface area (Å²) in [6, 6.07) is 83.2. The summed E-state index contributed by atoms with van der Waals surface area (Å²) in [4.78, 5) is 38.4. The van der Waals surface area contributed by atoms with Crippen molar-refractivity contribution in [2.75, 3.05) is 48.5 Å². The van der Waals surface area contributed by atoms with E-state index in [2.05, 4.69) is 353 Å². The number of aromatic nitrogens is 7. The minimum absolute atomic E-state index is 0.000494. The van der Waals surface area contributed by atoms with Crippen LogP contribution >= 0.6 is 11.6 Å². The summed E-state index contributed by atoms with van der Waals surface area (Å²) in [7, 11) is 9.07. The summed E-state index contributed by atoms with van der Waals surface area (Å²) in [5.74, 6) is 2.99. The molecule has 1 amide bonds. The number of hydrogen-bond acceptors (Lipinski definition) is 6. The quantitative estimate of drug-likeness (QED) is 0.0572. The second-order valence-corrected chi connectivity index (χ2v) is 41.6. The number of nitrogens with one attached hydrogen (secondary N) is 7. The Hall–Kier alpha value is -13.1. The molecule has 0 radical (unpaired) electrons. The summed E-state index contributed by atoms with van der Waals surface area (Å²) >= 11 is 6.11. The normalized spacial score (nSPS) is 11.9. The first kappa shape index (κ1) is 96.5. The summed E-state index contributed by atoms with van der Waals surface area (Å²) in [6.07, 6.45) is 15.7. The standard InChI is InChI=1S/C23H29N3O.C21H25N.C20H23NO2.C19H20ClNO.C18H19N.C17H18N2/c1-23(2,3)20-15-21-18(10-11-24-21)14-19(20)16-6-8-17(9-7-16)22(27)25-12-13-26(4)5;1-14(2)15-6-8-16(9-7-15)18-12-17-10-11-22-20(17)13-19(18)21(3,4)5;1-20(2,3)15-12-16-13(9-10-21-16)11-14(15)19-17(22-4)7-6-8-18(19)23-5;1-19(2,3)16-11-17-12(7-8-21-17)9-15(16)14-6-5-13(20)10-18(14)22-4;1-18(2,3)16-12-17-14(9-10-19-17)11-15(16)13-7-5-4-6-8-13;1-17(2,3)15-10-16-12(6-8-19-16)9-14(15)13-5-4-7-18-11-13/h6-11,14-15,24H,12-13H2,1-5H3,(H,25,27);6-14,22H,1-5H3;6-12,21H,1-5H3;5-11,21H,1-4H3;4-12,19H,1-3H3;4-11,19H,1-3H3. The van der Waals surface area contributed by atoms with E-state index in [1.807, 2.05) is 130 Å².